The van der Waals surface area contributed by atoms with E-state index < -0.39 is 82.5 Å². The summed E-state index contributed by atoms with van der Waals surface area (Å²) in [6, 6.07) is 5.36. The fraction of sp³-hybridized carbons (Fsp3) is 0.541. The van der Waals surface area contributed by atoms with Crippen LogP contribution in [-0.4, -0.2) is 101 Å². The van der Waals surface area contributed by atoms with Gasteiger partial charge in [-0.2, -0.15) is 0 Å². The Bertz CT molecular complexity index is 1970. The largest absolute Gasteiger partial charge is 0.507 e. The molecule has 13 heteroatoms. The Labute approximate surface area is 288 Å². The van der Waals surface area contributed by atoms with Crippen LogP contribution in [0.2, 0.25) is 0 Å². The van der Waals surface area contributed by atoms with E-state index in [0.717, 1.165) is 6.07 Å². The molecule has 0 bridgehead atoms. The number of rotatable bonds is 6. The number of ketones is 2. The van der Waals surface area contributed by atoms with Crippen LogP contribution in [-0.2, 0) is 29.3 Å². The summed E-state index contributed by atoms with van der Waals surface area (Å²) in [7, 11) is 5.37. The molecule has 0 spiro atoms. The van der Waals surface area contributed by atoms with Gasteiger partial charge in [0.1, 0.15) is 40.5 Å². The monoisotopic (exact) mass is 693 g/mol. The van der Waals surface area contributed by atoms with Crippen LogP contribution in [0.1, 0.15) is 96.7 Å². The predicted molar refractivity (Wildman–Crippen MR) is 178 cm³/mol. The molecule has 1 aromatic heterocycles. The summed E-state index contributed by atoms with van der Waals surface area (Å²) < 4.78 is 36.3. The zero-order valence-electron chi connectivity index (χ0n) is 29.3. The number of hydrogen-bond acceptors (Lipinski definition) is 13. The minimum Gasteiger partial charge on any atom is -0.507 e. The number of aliphatic hydroxyl groups is 1. The van der Waals surface area contributed by atoms with Crippen LogP contribution in [0.3, 0.4) is 0 Å². The van der Waals surface area contributed by atoms with Crippen LogP contribution in [0, 0.1) is 0 Å². The summed E-state index contributed by atoms with van der Waals surface area (Å²) >= 11 is 0. The van der Waals surface area contributed by atoms with Gasteiger partial charge in [-0.3, -0.25) is 14.4 Å². The predicted octanol–water partition coefficient (Wildman–Crippen LogP) is 3.68. The van der Waals surface area contributed by atoms with Crippen molar-refractivity contribution in [2.24, 2.45) is 0 Å². The number of epoxide rings is 1. The van der Waals surface area contributed by atoms with Crippen molar-refractivity contribution in [3.05, 3.63) is 68.1 Å². The van der Waals surface area contributed by atoms with Crippen LogP contribution < -0.4 is 5.43 Å². The average Bonchev–Trinajstić information content (AvgIpc) is 3.68. The third-order valence-electron chi connectivity index (χ3n) is 11.4. The molecule has 4 aliphatic rings. The molecule has 0 radical (unpaired) electrons. The third-order valence-corrected chi connectivity index (χ3v) is 11.4. The van der Waals surface area contributed by atoms with Gasteiger partial charge in [0.05, 0.1) is 41.6 Å². The summed E-state index contributed by atoms with van der Waals surface area (Å²) in [6.07, 6.45) is -3.81. The summed E-state index contributed by atoms with van der Waals surface area (Å²) in [4.78, 5) is 43.5. The molecule has 3 fully saturated rings. The second-order valence-electron chi connectivity index (χ2n) is 14.6. The van der Waals surface area contributed by atoms with Gasteiger partial charge in [-0.25, -0.2) is 0 Å². The van der Waals surface area contributed by atoms with E-state index >= 15 is 0 Å². The number of benzene rings is 2. The van der Waals surface area contributed by atoms with Gasteiger partial charge in [0, 0.05) is 41.8 Å². The smallest absolute Gasteiger partial charge is 0.202 e. The van der Waals surface area contributed by atoms with Gasteiger partial charge in [-0.1, -0.05) is 6.07 Å². The van der Waals surface area contributed by atoms with E-state index in [9.17, 15) is 29.7 Å². The molecule has 268 valence electrons. The third kappa shape index (κ3) is 5.13. The Balaban J connectivity index is 1.26. The molecule has 0 saturated carbocycles. The van der Waals surface area contributed by atoms with Gasteiger partial charge in [0.2, 0.25) is 5.78 Å². The summed E-state index contributed by atoms with van der Waals surface area (Å²) in [6.45, 7) is 9.18. The maximum Gasteiger partial charge on any atom is 0.202 e. The molecule has 3 saturated heterocycles. The lowest BCUT2D eigenvalue weighted by molar-refractivity contribution is -0.300. The Morgan fingerprint density at radius 3 is 2.28 bits per heavy atom. The van der Waals surface area contributed by atoms with E-state index in [1.54, 1.807) is 19.9 Å². The lowest BCUT2D eigenvalue weighted by atomic mass is 9.77. The number of nitrogens with zero attached hydrogens (tertiary/aromatic N) is 1. The number of ether oxygens (including phenoxy) is 5. The first-order valence-electron chi connectivity index (χ1n) is 16.8. The average molecular weight is 694 g/mol. The van der Waals surface area contributed by atoms with Crippen LogP contribution in [0.5, 0.6) is 11.5 Å². The molecule has 3 N–H and O–H groups in total. The fourth-order valence-corrected chi connectivity index (χ4v) is 7.86. The van der Waals surface area contributed by atoms with E-state index in [4.69, 9.17) is 28.1 Å². The molecule has 13 nitrogen and oxygen atoms in total. The second kappa shape index (κ2) is 11.9. The first kappa shape index (κ1) is 34.7. The van der Waals surface area contributed by atoms with Gasteiger partial charge < -0.3 is 48.3 Å². The van der Waals surface area contributed by atoms with E-state index in [0.29, 0.717) is 18.4 Å². The van der Waals surface area contributed by atoms with Gasteiger partial charge in [-0.15, -0.1) is 0 Å². The second-order valence-corrected chi connectivity index (χ2v) is 14.6. The number of likely N-dealkylation sites (N-methyl/N-ethyl adjacent to an activating group) is 1. The maximum atomic E-state index is 14.4. The first-order chi connectivity index (χ1) is 23.5. The molecule has 10 atom stereocenters. The molecular formula is C37H43NO12. The molecule has 3 aromatic rings. The molecule has 0 amide bonds. The Morgan fingerprint density at radius 1 is 0.940 bits per heavy atom. The van der Waals surface area contributed by atoms with Crippen molar-refractivity contribution in [3.8, 4) is 11.5 Å². The number of carbonyl (C=O) groups is 2. The lowest BCUT2D eigenvalue weighted by Gasteiger charge is -2.52. The minimum atomic E-state index is -0.912. The lowest BCUT2D eigenvalue weighted by Crippen LogP contribution is -2.62. The van der Waals surface area contributed by atoms with Gasteiger partial charge in [-0.05, 0) is 67.3 Å². The Kier molecular flexibility index (Phi) is 8.30. The molecule has 0 unspecified atom stereocenters. The minimum absolute atomic E-state index is 0.0500. The summed E-state index contributed by atoms with van der Waals surface area (Å²) in [5.74, 6) is -2.10. The molecule has 1 aliphatic carbocycles. The molecular weight excluding hydrogens is 650 g/mol. The van der Waals surface area contributed by atoms with Crippen molar-refractivity contribution in [3.63, 3.8) is 0 Å². The number of fused-ring (bicyclic) bond motifs is 4. The van der Waals surface area contributed by atoms with Crippen molar-refractivity contribution in [2.75, 3.05) is 21.2 Å². The molecule has 3 aliphatic heterocycles. The van der Waals surface area contributed by atoms with Gasteiger partial charge in [0.25, 0.3) is 0 Å². The Hall–Kier alpha value is -3.69. The highest BCUT2D eigenvalue weighted by atomic mass is 16.7. The summed E-state index contributed by atoms with van der Waals surface area (Å²) in [5, 5.41) is 32.9. The number of aliphatic hydroxyl groups excluding tert-OH is 1. The molecule has 2 aromatic carbocycles. The normalized spacial score (nSPS) is 35.3. The van der Waals surface area contributed by atoms with Crippen LogP contribution in [0.4, 0.5) is 0 Å². The first-order valence-corrected chi connectivity index (χ1v) is 16.8. The standard InChI is InChI=1S/C37H43NO12/c1-15-30(41)23(45-8)13-26(47-15)49-35-16(2)46-24(14-36(35,4)38(6)7)18-9-10-19-27(32(18)43)33(44)28-20(31(19)42)11-21(39)29-22(40)12-25(48-34(28)29)37(5)17(3)50-37/h9-12,15-17,23-24,26,30,35,39,41,43H,13-14H2,1-8H3/t15-,16+,17+,23+,24-,26-,30-,35-,36+,37+/m1/s1. The van der Waals surface area contributed by atoms with Gasteiger partial charge in [0.15, 0.2) is 23.1 Å². The fourth-order valence-electron chi connectivity index (χ4n) is 7.86. The van der Waals surface area contributed by atoms with Crippen molar-refractivity contribution >= 4 is 22.5 Å². The highest BCUT2D eigenvalue weighted by Crippen LogP contribution is 2.49. The van der Waals surface area contributed by atoms with E-state index in [-0.39, 0.29) is 45.1 Å². The van der Waals surface area contributed by atoms with Crippen molar-refractivity contribution in [1.82, 2.24) is 4.90 Å². The van der Waals surface area contributed by atoms with Crippen molar-refractivity contribution < 1.29 is 53.0 Å². The van der Waals surface area contributed by atoms with Crippen LogP contribution in [0.25, 0.3) is 11.0 Å². The maximum absolute atomic E-state index is 14.4. The molecule has 50 heavy (non-hydrogen) atoms. The van der Waals surface area contributed by atoms with Crippen molar-refractivity contribution in [2.45, 2.75) is 108 Å². The van der Waals surface area contributed by atoms with E-state index in [1.165, 1.54) is 19.2 Å². The van der Waals surface area contributed by atoms with Crippen LogP contribution >= 0.6 is 0 Å². The highest BCUT2D eigenvalue weighted by molar-refractivity contribution is 6.32. The number of hydrogen-bond donors (Lipinski definition) is 3. The zero-order valence-corrected chi connectivity index (χ0v) is 29.3. The number of methoxy groups -OCH3 is 1. The quantitative estimate of drug-likeness (QED) is 0.250. The topological polar surface area (TPSA) is 178 Å². The van der Waals surface area contributed by atoms with Gasteiger partial charge >= 0.3 is 0 Å². The van der Waals surface area contributed by atoms with E-state index in [2.05, 4.69) is 0 Å². The number of aromatic hydroxyl groups is 2. The zero-order chi connectivity index (χ0) is 36.2. The molecule has 4 heterocycles. The number of phenols is 2. The molecule has 7 rings (SSSR count). The Morgan fingerprint density at radius 2 is 1.64 bits per heavy atom. The van der Waals surface area contributed by atoms with E-state index in [1.807, 2.05) is 39.8 Å². The number of phenolic OH excluding ortho intramolecular Hbond substituents is 2. The highest BCUT2D eigenvalue weighted by Gasteiger charge is 2.54. The van der Waals surface area contributed by atoms with Crippen molar-refractivity contribution in [1.29, 1.82) is 0 Å². The summed E-state index contributed by atoms with van der Waals surface area (Å²) in [5.41, 5.74) is -2.77. The number of carbonyl (C=O) groups excluding carboxylic acids is 2. The SMILES string of the molecule is CO[C@H]1C[C@@H](O[C@@H]2[C@H](C)O[C@@H](c3ccc4c(c3O)C(=O)c3c(cc(O)c5c(=O)cc([C@@]6(C)O[C@H]6C)oc35)C4=O)C[C@]2(C)N(C)C)O[C@H](C)[C@H]1O. The van der Waals surface area contributed by atoms with Crippen LogP contribution in [0.15, 0.2) is 33.5 Å².